The second-order valence-electron chi connectivity index (χ2n) is 4.63. The number of aromatic nitrogens is 1. The number of nitrogens with zero attached hydrogens (tertiary/aromatic N) is 2. The molecule has 0 spiro atoms. The lowest BCUT2D eigenvalue weighted by Crippen LogP contribution is -2.22. The molecule has 0 radical (unpaired) electrons. The number of hydrogen-bond acceptors (Lipinski definition) is 4. The number of halogens is 2. The molecule has 0 aliphatic carbocycles. The topological polar surface area (TPSA) is 54.2 Å². The number of pyridine rings is 1. The van der Waals surface area contributed by atoms with Gasteiger partial charge in [-0.1, -0.05) is 37.0 Å². The van der Waals surface area contributed by atoms with E-state index in [2.05, 4.69) is 29.2 Å². The molecule has 6 heteroatoms. The van der Waals surface area contributed by atoms with Gasteiger partial charge >= 0.3 is 0 Å². The van der Waals surface area contributed by atoms with Crippen LogP contribution in [0.2, 0.25) is 10.0 Å². The summed E-state index contributed by atoms with van der Waals surface area (Å²) in [6.45, 7) is 6.38. The van der Waals surface area contributed by atoms with Gasteiger partial charge in [0.25, 0.3) is 0 Å². The molecular formula is C11H16Cl2N4. The van der Waals surface area contributed by atoms with Crippen LogP contribution in [0.25, 0.3) is 0 Å². The Morgan fingerprint density at radius 2 is 1.88 bits per heavy atom. The maximum Gasteiger partial charge on any atom is 0.161 e. The van der Waals surface area contributed by atoms with E-state index in [1.807, 2.05) is 0 Å². The summed E-state index contributed by atoms with van der Waals surface area (Å²) in [7, 11) is 0. The molecule has 3 N–H and O–H groups in total. The first-order valence-corrected chi connectivity index (χ1v) is 6.36. The standard InChI is InChI=1S/C11H16Cl2N4/c1-6-4-17(5-7(6)2)11-9(13)3-8(12)10(15-11)16-14/h3,6-7H,4-5,14H2,1-2H3,(H,15,16). The third kappa shape index (κ3) is 2.44. The van der Waals surface area contributed by atoms with Gasteiger partial charge in [-0.2, -0.15) is 0 Å². The lowest BCUT2D eigenvalue weighted by molar-refractivity contribution is 0.494. The second kappa shape index (κ2) is 4.88. The van der Waals surface area contributed by atoms with Crippen molar-refractivity contribution in [2.75, 3.05) is 23.4 Å². The van der Waals surface area contributed by atoms with Crippen molar-refractivity contribution in [2.24, 2.45) is 17.7 Å². The van der Waals surface area contributed by atoms with E-state index in [1.54, 1.807) is 6.07 Å². The van der Waals surface area contributed by atoms with Gasteiger partial charge in [0.05, 0.1) is 10.0 Å². The van der Waals surface area contributed by atoms with Crippen LogP contribution in [0.1, 0.15) is 13.8 Å². The monoisotopic (exact) mass is 274 g/mol. The van der Waals surface area contributed by atoms with E-state index >= 15 is 0 Å². The highest BCUT2D eigenvalue weighted by molar-refractivity contribution is 6.37. The zero-order valence-electron chi connectivity index (χ0n) is 9.87. The average Bonchev–Trinajstić information content (AvgIpc) is 2.59. The van der Waals surface area contributed by atoms with Crippen LogP contribution in [-0.2, 0) is 0 Å². The van der Waals surface area contributed by atoms with E-state index in [0.29, 0.717) is 27.7 Å². The molecule has 1 aliphatic rings. The third-order valence-corrected chi connectivity index (χ3v) is 3.90. The molecule has 1 saturated heterocycles. The molecular weight excluding hydrogens is 259 g/mol. The van der Waals surface area contributed by atoms with Crippen molar-refractivity contribution in [3.05, 3.63) is 16.1 Å². The molecule has 2 atom stereocenters. The summed E-state index contributed by atoms with van der Waals surface area (Å²) in [4.78, 5) is 6.54. The van der Waals surface area contributed by atoms with Crippen LogP contribution in [0.3, 0.4) is 0 Å². The molecule has 0 aromatic carbocycles. The Labute approximate surface area is 111 Å². The zero-order valence-corrected chi connectivity index (χ0v) is 11.4. The summed E-state index contributed by atoms with van der Waals surface area (Å²) in [5.74, 6) is 7.85. The van der Waals surface area contributed by atoms with Crippen LogP contribution in [0.4, 0.5) is 11.6 Å². The Morgan fingerprint density at radius 3 is 2.41 bits per heavy atom. The maximum absolute atomic E-state index is 6.18. The molecule has 1 aromatic heterocycles. The van der Waals surface area contributed by atoms with Gasteiger partial charge in [-0.15, -0.1) is 0 Å². The van der Waals surface area contributed by atoms with E-state index in [0.717, 1.165) is 18.9 Å². The summed E-state index contributed by atoms with van der Waals surface area (Å²) >= 11 is 12.1. The Balaban J connectivity index is 2.33. The Kier molecular flexibility index (Phi) is 3.66. The molecule has 1 aliphatic heterocycles. The van der Waals surface area contributed by atoms with Crippen LogP contribution in [-0.4, -0.2) is 18.1 Å². The van der Waals surface area contributed by atoms with Gasteiger partial charge in [0.1, 0.15) is 5.82 Å². The van der Waals surface area contributed by atoms with Gasteiger partial charge in [-0.3, -0.25) is 0 Å². The van der Waals surface area contributed by atoms with Crippen molar-refractivity contribution in [1.82, 2.24) is 4.98 Å². The molecule has 94 valence electrons. The quantitative estimate of drug-likeness (QED) is 0.643. The number of nitrogens with one attached hydrogen (secondary N) is 1. The molecule has 2 unspecified atom stereocenters. The largest absolute Gasteiger partial charge is 0.355 e. The number of nitrogen functional groups attached to an aromatic ring is 1. The number of nitrogens with two attached hydrogens (primary N) is 1. The molecule has 4 nitrogen and oxygen atoms in total. The van der Waals surface area contributed by atoms with Crippen molar-refractivity contribution in [2.45, 2.75) is 13.8 Å². The van der Waals surface area contributed by atoms with Gasteiger partial charge < -0.3 is 10.3 Å². The fourth-order valence-corrected chi connectivity index (χ4v) is 2.62. The fraction of sp³-hybridized carbons (Fsp3) is 0.545. The predicted molar refractivity (Wildman–Crippen MR) is 72.6 cm³/mol. The lowest BCUT2D eigenvalue weighted by atomic mass is 10.0. The maximum atomic E-state index is 6.18. The highest BCUT2D eigenvalue weighted by Gasteiger charge is 2.28. The number of hydrazine groups is 1. The van der Waals surface area contributed by atoms with Crippen LogP contribution in [0, 0.1) is 11.8 Å². The van der Waals surface area contributed by atoms with Gasteiger partial charge in [0.15, 0.2) is 5.82 Å². The lowest BCUT2D eigenvalue weighted by Gasteiger charge is -2.19. The first-order chi connectivity index (χ1) is 8.02. The van der Waals surface area contributed by atoms with E-state index in [1.165, 1.54) is 0 Å². The van der Waals surface area contributed by atoms with Gasteiger partial charge in [-0.25, -0.2) is 10.8 Å². The van der Waals surface area contributed by atoms with Crippen molar-refractivity contribution in [3.8, 4) is 0 Å². The smallest absolute Gasteiger partial charge is 0.161 e. The number of anilines is 2. The summed E-state index contributed by atoms with van der Waals surface area (Å²) in [6.07, 6.45) is 0. The van der Waals surface area contributed by atoms with Crippen LogP contribution < -0.4 is 16.2 Å². The minimum absolute atomic E-state index is 0.432. The van der Waals surface area contributed by atoms with Crippen LogP contribution >= 0.6 is 23.2 Å². The van der Waals surface area contributed by atoms with E-state index in [4.69, 9.17) is 29.0 Å². The van der Waals surface area contributed by atoms with Crippen LogP contribution in [0.15, 0.2) is 6.07 Å². The molecule has 1 fully saturated rings. The average molecular weight is 275 g/mol. The van der Waals surface area contributed by atoms with Crippen molar-refractivity contribution in [3.63, 3.8) is 0 Å². The van der Waals surface area contributed by atoms with Crippen molar-refractivity contribution >= 4 is 34.8 Å². The van der Waals surface area contributed by atoms with Crippen molar-refractivity contribution in [1.29, 1.82) is 0 Å². The molecule has 0 amide bonds. The number of hydrogen-bond donors (Lipinski definition) is 2. The first-order valence-electron chi connectivity index (χ1n) is 5.60. The third-order valence-electron chi connectivity index (χ3n) is 3.34. The Bertz CT molecular complexity index is 414. The molecule has 0 bridgehead atoms. The minimum Gasteiger partial charge on any atom is -0.355 e. The first kappa shape index (κ1) is 12.7. The number of rotatable bonds is 2. The van der Waals surface area contributed by atoms with Crippen LogP contribution in [0.5, 0.6) is 0 Å². The van der Waals surface area contributed by atoms with Crippen molar-refractivity contribution < 1.29 is 0 Å². The fourth-order valence-electron chi connectivity index (χ4n) is 2.08. The highest BCUT2D eigenvalue weighted by atomic mass is 35.5. The highest BCUT2D eigenvalue weighted by Crippen LogP contribution is 2.35. The molecule has 2 rings (SSSR count). The minimum atomic E-state index is 0.432. The summed E-state index contributed by atoms with van der Waals surface area (Å²) in [5, 5.41) is 0.997. The van der Waals surface area contributed by atoms with E-state index in [9.17, 15) is 0 Å². The molecule has 17 heavy (non-hydrogen) atoms. The van der Waals surface area contributed by atoms with Gasteiger partial charge in [0.2, 0.25) is 0 Å². The molecule has 1 aromatic rings. The molecule has 0 saturated carbocycles. The summed E-state index contributed by atoms with van der Waals surface area (Å²) < 4.78 is 0. The summed E-state index contributed by atoms with van der Waals surface area (Å²) in [6, 6.07) is 1.67. The van der Waals surface area contributed by atoms with E-state index < -0.39 is 0 Å². The Morgan fingerprint density at radius 1 is 1.29 bits per heavy atom. The predicted octanol–water partition coefficient (Wildman–Crippen LogP) is 2.77. The van der Waals surface area contributed by atoms with Gasteiger partial charge in [-0.05, 0) is 17.9 Å². The Hall–Kier alpha value is -0.710. The van der Waals surface area contributed by atoms with Gasteiger partial charge in [0, 0.05) is 13.1 Å². The zero-order chi connectivity index (χ0) is 12.6. The van der Waals surface area contributed by atoms with E-state index in [-0.39, 0.29) is 0 Å². The normalized spacial score (nSPS) is 24.2. The second-order valence-corrected chi connectivity index (χ2v) is 5.44. The summed E-state index contributed by atoms with van der Waals surface area (Å²) in [5.41, 5.74) is 2.48. The molecule has 2 heterocycles. The SMILES string of the molecule is CC1CN(c2nc(NN)c(Cl)cc2Cl)CC1C.